The monoisotopic (exact) mass is 328 g/mol. The van der Waals surface area contributed by atoms with Gasteiger partial charge in [0, 0.05) is 19.8 Å². The predicted octanol–water partition coefficient (Wildman–Crippen LogP) is 1.77. The molecule has 0 aliphatic carbocycles. The van der Waals surface area contributed by atoms with E-state index in [1.807, 2.05) is 18.2 Å². The Labute approximate surface area is 138 Å². The van der Waals surface area contributed by atoms with Crippen molar-refractivity contribution in [1.29, 1.82) is 0 Å². The maximum atomic E-state index is 11.5. The van der Waals surface area contributed by atoms with Crippen LogP contribution in [0.3, 0.4) is 0 Å². The van der Waals surface area contributed by atoms with E-state index in [9.17, 15) is 4.79 Å². The third kappa shape index (κ3) is 6.32. The Balaban J connectivity index is 0.00000242. The normalized spacial score (nSPS) is 16.6. The molecule has 1 aliphatic rings. The summed E-state index contributed by atoms with van der Waals surface area (Å²) in [5.41, 5.74) is 7.69. The molecule has 22 heavy (non-hydrogen) atoms. The molecular formula is C16H25ClN2O3. The van der Waals surface area contributed by atoms with Crippen molar-refractivity contribution < 1.29 is 14.3 Å². The van der Waals surface area contributed by atoms with Gasteiger partial charge in [0.25, 0.3) is 0 Å². The van der Waals surface area contributed by atoms with E-state index >= 15 is 0 Å². The van der Waals surface area contributed by atoms with Crippen LogP contribution in [0.1, 0.15) is 30.9 Å². The summed E-state index contributed by atoms with van der Waals surface area (Å²) < 4.78 is 11.2. The zero-order valence-electron chi connectivity index (χ0n) is 12.9. The average Bonchev–Trinajstić information content (AvgIpc) is 2.52. The van der Waals surface area contributed by atoms with E-state index in [1.165, 1.54) is 0 Å². The zero-order valence-corrected chi connectivity index (χ0v) is 13.7. The maximum Gasteiger partial charge on any atom is 0.236 e. The van der Waals surface area contributed by atoms with Crippen LogP contribution in [-0.2, 0) is 27.4 Å². The number of amides is 1. The number of benzene rings is 1. The Morgan fingerprint density at radius 3 is 2.77 bits per heavy atom. The lowest BCUT2D eigenvalue weighted by molar-refractivity contribution is -0.122. The van der Waals surface area contributed by atoms with Crippen molar-refractivity contribution in [2.45, 2.75) is 45.1 Å². The highest BCUT2D eigenvalue weighted by atomic mass is 35.5. The summed E-state index contributed by atoms with van der Waals surface area (Å²) in [6.45, 7) is 4.33. The van der Waals surface area contributed by atoms with E-state index in [1.54, 1.807) is 6.92 Å². The Hall–Kier alpha value is -1.14. The van der Waals surface area contributed by atoms with Gasteiger partial charge in [0.05, 0.1) is 18.8 Å². The first kappa shape index (κ1) is 18.9. The Morgan fingerprint density at radius 1 is 1.41 bits per heavy atom. The molecular weight excluding hydrogens is 304 g/mol. The topological polar surface area (TPSA) is 73.6 Å². The third-order valence-electron chi connectivity index (χ3n) is 3.53. The smallest absolute Gasteiger partial charge is 0.236 e. The number of carbonyl (C=O) groups is 1. The fourth-order valence-electron chi connectivity index (χ4n) is 2.24. The van der Waals surface area contributed by atoms with E-state index in [-0.39, 0.29) is 18.3 Å². The molecule has 1 heterocycles. The van der Waals surface area contributed by atoms with E-state index in [0.717, 1.165) is 37.2 Å². The van der Waals surface area contributed by atoms with Crippen LogP contribution < -0.4 is 11.1 Å². The van der Waals surface area contributed by atoms with Gasteiger partial charge < -0.3 is 20.5 Å². The highest BCUT2D eigenvalue weighted by Gasteiger charge is 2.14. The number of halogens is 1. The van der Waals surface area contributed by atoms with Gasteiger partial charge in [-0.1, -0.05) is 24.3 Å². The molecule has 1 aromatic carbocycles. The number of nitrogens with one attached hydrogen (secondary N) is 1. The highest BCUT2D eigenvalue weighted by Crippen LogP contribution is 2.14. The van der Waals surface area contributed by atoms with Crippen molar-refractivity contribution in [3.05, 3.63) is 35.4 Å². The summed E-state index contributed by atoms with van der Waals surface area (Å²) in [6, 6.07) is 7.58. The first-order chi connectivity index (χ1) is 10.1. The van der Waals surface area contributed by atoms with Crippen LogP contribution in [0.5, 0.6) is 0 Å². The van der Waals surface area contributed by atoms with Gasteiger partial charge in [-0.3, -0.25) is 4.79 Å². The molecule has 124 valence electrons. The molecule has 0 unspecified atom stereocenters. The van der Waals surface area contributed by atoms with Gasteiger partial charge in [0.15, 0.2) is 0 Å². The standard InChI is InChI=1S/C16H24N2O3.ClH/c1-12(17)16(19)18-10-13-3-2-4-14(9-13)11-21-15-5-7-20-8-6-15;/h2-4,9,12,15H,5-8,10-11,17H2,1H3,(H,18,19);1H/t12-;/m1./s1. The molecule has 0 spiro atoms. The van der Waals surface area contributed by atoms with Crippen molar-refractivity contribution in [3.63, 3.8) is 0 Å². The molecule has 5 nitrogen and oxygen atoms in total. The second kappa shape index (κ2) is 9.79. The number of nitrogens with two attached hydrogens (primary N) is 1. The van der Waals surface area contributed by atoms with Crippen molar-refractivity contribution >= 4 is 18.3 Å². The molecule has 0 radical (unpaired) electrons. The molecule has 0 aromatic heterocycles. The van der Waals surface area contributed by atoms with Crippen molar-refractivity contribution in [2.75, 3.05) is 13.2 Å². The molecule has 1 atom stereocenters. The van der Waals surface area contributed by atoms with E-state index in [4.69, 9.17) is 15.2 Å². The predicted molar refractivity (Wildman–Crippen MR) is 87.8 cm³/mol. The van der Waals surface area contributed by atoms with Gasteiger partial charge in [0.1, 0.15) is 0 Å². The quantitative estimate of drug-likeness (QED) is 0.834. The molecule has 2 rings (SSSR count). The molecule has 1 aliphatic heterocycles. The van der Waals surface area contributed by atoms with Crippen LogP contribution >= 0.6 is 12.4 Å². The molecule has 6 heteroatoms. The largest absolute Gasteiger partial charge is 0.381 e. The number of rotatable bonds is 6. The van der Waals surface area contributed by atoms with E-state index in [2.05, 4.69) is 11.4 Å². The van der Waals surface area contributed by atoms with E-state index < -0.39 is 6.04 Å². The minimum absolute atomic E-state index is 0. The number of ether oxygens (including phenoxy) is 2. The lowest BCUT2D eigenvalue weighted by atomic mass is 10.1. The number of carbonyl (C=O) groups excluding carboxylic acids is 1. The maximum absolute atomic E-state index is 11.5. The van der Waals surface area contributed by atoms with Gasteiger partial charge >= 0.3 is 0 Å². The highest BCUT2D eigenvalue weighted by molar-refractivity contribution is 5.85. The van der Waals surface area contributed by atoms with Crippen LogP contribution in [0, 0.1) is 0 Å². The zero-order chi connectivity index (χ0) is 15.1. The van der Waals surface area contributed by atoms with Crippen LogP contribution in [0.2, 0.25) is 0 Å². The summed E-state index contributed by atoms with van der Waals surface area (Å²) in [7, 11) is 0. The Bertz CT molecular complexity index is 462. The second-order valence-electron chi connectivity index (χ2n) is 5.45. The third-order valence-corrected chi connectivity index (χ3v) is 3.53. The Kier molecular flexibility index (Phi) is 8.42. The number of hydrogen-bond acceptors (Lipinski definition) is 4. The van der Waals surface area contributed by atoms with E-state index in [0.29, 0.717) is 19.3 Å². The Morgan fingerprint density at radius 2 is 2.09 bits per heavy atom. The van der Waals surface area contributed by atoms with Crippen LogP contribution in [-0.4, -0.2) is 31.3 Å². The van der Waals surface area contributed by atoms with Crippen LogP contribution in [0.15, 0.2) is 24.3 Å². The fraction of sp³-hybridized carbons (Fsp3) is 0.562. The lowest BCUT2D eigenvalue weighted by Gasteiger charge is -2.22. The number of hydrogen-bond donors (Lipinski definition) is 2. The molecule has 0 saturated carbocycles. The van der Waals surface area contributed by atoms with Gasteiger partial charge in [-0.25, -0.2) is 0 Å². The first-order valence-electron chi connectivity index (χ1n) is 7.45. The summed E-state index contributed by atoms with van der Waals surface area (Å²) in [4.78, 5) is 11.5. The van der Waals surface area contributed by atoms with Crippen molar-refractivity contribution in [2.24, 2.45) is 5.73 Å². The van der Waals surface area contributed by atoms with Crippen LogP contribution in [0.4, 0.5) is 0 Å². The van der Waals surface area contributed by atoms with Gasteiger partial charge in [-0.15, -0.1) is 12.4 Å². The second-order valence-corrected chi connectivity index (χ2v) is 5.45. The van der Waals surface area contributed by atoms with Gasteiger partial charge in [-0.05, 0) is 30.9 Å². The minimum Gasteiger partial charge on any atom is -0.381 e. The SMILES string of the molecule is C[C@@H](N)C(=O)NCc1cccc(COC2CCOCC2)c1.Cl. The fourth-order valence-corrected chi connectivity index (χ4v) is 2.24. The summed E-state index contributed by atoms with van der Waals surface area (Å²) in [6.07, 6.45) is 2.22. The van der Waals surface area contributed by atoms with Gasteiger partial charge in [0.2, 0.25) is 5.91 Å². The van der Waals surface area contributed by atoms with Crippen molar-refractivity contribution in [3.8, 4) is 0 Å². The molecule has 1 fully saturated rings. The molecule has 0 bridgehead atoms. The summed E-state index contributed by atoms with van der Waals surface area (Å²) in [5.74, 6) is -0.140. The van der Waals surface area contributed by atoms with Crippen molar-refractivity contribution in [1.82, 2.24) is 5.32 Å². The molecule has 1 aromatic rings. The first-order valence-corrected chi connectivity index (χ1v) is 7.45. The molecule has 1 amide bonds. The van der Waals surface area contributed by atoms with Crippen LogP contribution in [0.25, 0.3) is 0 Å². The van der Waals surface area contributed by atoms with Gasteiger partial charge in [-0.2, -0.15) is 0 Å². The summed E-state index contributed by atoms with van der Waals surface area (Å²) >= 11 is 0. The molecule has 1 saturated heterocycles. The summed E-state index contributed by atoms with van der Waals surface area (Å²) in [5, 5.41) is 2.81. The lowest BCUT2D eigenvalue weighted by Crippen LogP contribution is -2.37. The minimum atomic E-state index is -0.481. The molecule has 3 N–H and O–H groups in total. The average molecular weight is 329 g/mol.